The first-order valence-corrected chi connectivity index (χ1v) is 20.9. The first-order valence-electron chi connectivity index (χ1n) is 20.1. The van der Waals surface area contributed by atoms with Crippen LogP contribution in [-0.2, 0) is 0 Å². The van der Waals surface area contributed by atoms with E-state index in [9.17, 15) is 0 Å². The number of benzene rings is 10. The molecule has 0 fully saturated rings. The van der Waals surface area contributed by atoms with Gasteiger partial charge in [-0.15, -0.1) is 11.3 Å². The summed E-state index contributed by atoms with van der Waals surface area (Å²) in [5.74, 6) is 0. The van der Waals surface area contributed by atoms with Gasteiger partial charge in [-0.05, 0) is 98.6 Å². The van der Waals surface area contributed by atoms with Gasteiger partial charge in [0, 0.05) is 53.3 Å². The van der Waals surface area contributed by atoms with Crippen molar-refractivity contribution in [2.24, 2.45) is 0 Å². The molecule has 2 heterocycles. The predicted molar refractivity (Wildman–Crippen MR) is 253 cm³/mol. The number of fused-ring (bicyclic) bond motifs is 9. The summed E-state index contributed by atoms with van der Waals surface area (Å²) in [6, 6.07) is 76.9. The van der Waals surface area contributed by atoms with Crippen molar-refractivity contribution in [1.82, 2.24) is 0 Å². The maximum absolute atomic E-state index is 6.67. The molecule has 0 saturated heterocycles. The summed E-state index contributed by atoms with van der Waals surface area (Å²) < 4.78 is 9.31. The van der Waals surface area contributed by atoms with Crippen LogP contribution in [0.3, 0.4) is 0 Å². The number of furan rings is 1. The van der Waals surface area contributed by atoms with Gasteiger partial charge in [-0.3, -0.25) is 0 Å². The van der Waals surface area contributed by atoms with Gasteiger partial charge in [-0.25, -0.2) is 0 Å². The van der Waals surface area contributed by atoms with E-state index in [-0.39, 0.29) is 0 Å². The van der Waals surface area contributed by atoms with Gasteiger partial charge in [0.25, 0.3) is 0 Å². The van der Waals surface area contributed by atoms with Gasteiger partial charge in [0.2, 0.25) is 0 Å². The molecule has 0 saturated carbocycles. The minimum absolute atomic E-state index is 0.884. The molecule has 0 spiro atoms. The zero-order valence-electron chi connectivity index (χ0n) is 32.0. The van der Waals surface area contributed by atoms with E-state index in [1.54, 1.807) is 0 Å². The number of hydrogen-bond donors (Lipinski definition) is 0. The first kappa shape index (κ1) is 33.7. The minimum Gasteiger partial charge on any atom is -0.455 e. The summed E-state index contributed by atoms with van der Waals surface area (Å²) in [6.07, 6.45) is 0. The van der Waals surface area contributed by atoms with Gasteiger partial charge >= 0.3 is 0 Å². The van der Waals surface area contributed by atoms with E-state index in [2.05, 4.69) is 217 Å². The van der Waals surface area contributed by atoms with Crippen LogP contribution < -0.4 is 4.90 Å². The predicted octanol–water partition coefficient (Wildman–Crippen LogP) is 16.7. The fraction of sp³-hybridized carbons (Fsp3) is 0. The van der Waals surface area contributed by atoms with Gasteiger partial charge in [0.15, 0.2) is 0 Å². The smallest absolute Gasteiger partial charge is 0.143 e. The molecule has 0 N–H and O–H groups in total. The Morgan fingerprint density at radius 3 is 1.83 bits per heavy atom. The first-order chi connectivity index (χ1) is 29.2. The van der Waals surface area contributed by atoms with E-state index < -0.39 is 0 Å². The molecule has 0 aliphatic rings. The third-order valence-corrected chi connectivity index (χ3v) is 13.1. The Bertz CT molecular complexity index is 3560. The monoisotopic (exact) mass is 769 g/mol. The zero-order chi connectivity index (χ0) is 38.9. The molecule has 0 atom stereocenters. The van der Waals surface area contributed by atoms with Crippen molar-refractivity contribution in [3.63, 3.8) is 0 Å². The van der Waals surface area contributed by atoms with E-state index in [0.717, 1.165) is 55.5 Å². The molecule has 2 aromatic heterocycles. The lowest BCUT2D eigenvalue weighted by Gasteiger charge is -2.28. The average Bonchev–Trinajstić information content (AvgIpc) is 3.89. The third kappa shape index (κ3) is 5.55. The maximum atomic E-state index is 6.67. The van der Waals surface area contributed by atoms with Crippen molar-refractivity contribution >= 4 is 92.1 Å². The van der Waals surface area contributed by atoms with Gasteiger partial charge in [-0.2, -0.15) is 0 Å². The van der Waals surface area contributed by atoms with Crippen LogP contribution in [0.4, 0.5) is 17.1 Å². The van der Waals surface area contributed by atoms with Crippen molar-refractivity contribution < 1.29 is 4.42 Å². The molecule has 59 heavy (non-hydrogen) atoms. The quantitative estimate of drug-likeness (QED) is 0.167. The molecular weight excluding hydrogens is 735 g/mol. The Balaban J connectivity index is 1.03. The summed E-state index contributed by atoms with van der Waals surface area (Å²) in [4.78, 5) is 2.40. The van der Waals surface area contributed by atoms with E-state index in [4.69, 9.17) is 4.42 Å². The second-order valence-electron chi connectivity index (χ2n) is 15.2. The normalized spacial score (nSPS) is 11.7. The van der Waals surface area contributed by atoms with Crippen LogP contribution in [0.25, 0.3) is 97.0 Å². The van der Waals surface area contributed by atoms with E-state index in [1.165, 1.54) is 58.6 Å². The highest BCUT2D eigenvalue weighted by atomic mass is 32.1. The Kier molecular flexibility index (Phi) is 7.75. The highest BCUT2D eigenvalue weighted by Crippen LogP contribution is 2.47. The molecule has 3 heteroatoms. The Morgan fingerprint density at radius 2 is 0.983 bits per heavy atom. The summed E-state index contributed by atoms with van der Waals surface area (Å²) in [7, 11) is 0. The van der Waals surface area contributed by atoms with Gasteiger partial charge in [0.1, 0.15) is 11.2 Å². The van der Waals surface area contributed by atoms with Crippen LogP contribution in [0.15, 0.2) is 217 Å². The lowest BCUT2D eigenvalue weighted by molar-refractivity contribution is 0.673. The van der Waals surface area contributed by atoms with Crippen LogP contribution >= 0.6 is 11.3 Å². The van der Waals surface area contributed by atoms with Crippen molar-refractivity contribution in [3.05, 3.63) is 212 Å². The highest BCUT2D eigenvalue weighted by molar-refractivity contribution is 7.26. The van der Waals surface area contributed by atoms with Gasteiger partial charge in [0.05, 0.1) is 5.69 Å². The molecule has 0 amide bonds. The summed E-state index contributed by atoms with van der Waals surface area (Å²) in [5, 5.41) is 9.65. The molecule has 0 unspecified atom stereocenters. The molecule has 10 aromatic carbocycles. The fourth-order valence-corrected chi connectivity index (χ4v) is 10.3. The van der Waals surface area contributed by atoms with Crippen molar-refractivity contribution in [2.45, 2.75) is 0 Å². The van der Waals surface area contributed by atoms with Crippen LogP contribution in [0.2, 0.25) is 0 Å². The molecule has 0 aliphatic heterocycles. The van der Waals surface area contributed by atoms with Gasteiger partial charge < -0.3 is 9.32 Å². The van der Waals surface area contributed by atoms with Crippen LogP contribution in [0.5, 0.6) is 0 Å². The lowest BCUT2D eigenvalue weighted by Crippen LogP contribution is -2.11. The summed E-state index contributed by atoms with van der Waals surface area (Å²) in [6.45, 7) is 0. The average molecular weight is 770 g/mol. The Morgan fingerprint density at radius 1 is 0.373 bits per heavy atom. The van der Waals surface area contributed by atoms with Crippen molar-refractivity contribution in [1.29, 1.82) is 0 Å². The largest absolute Gasteiger partial charge is 0.455 e. The third-order valence-electron chi connectivity index (χ3n) is 11.9. The van der Waals surface area contributed by atoms with Crippen LogP contribution in [0, 0.1) is 0 Å². The number of thiophene rings is 1. The number of hydrogen-bond acceptors (Lipinski definition) is 3. The van der Waals surface area contributed by atoms with Gasteiger partial charge in [-0.1, -0.05) is 158 Å². The number of nitrogens with zero attached hydrogens (tertiary/aromatic N) is 1. The second kappa shape index (κ2) is 13.6. The minimum atomic E-state index is 0.884. The van der Waals surface area contributed by atoms with E-state index in [0.29, 0.717) is 0 Å². The molecule has 2 nitrogen and oxygen atoms in total. The molecule has 0 bridgehead atoms. The van der Waals surface area contributed by atoms with E-state index >= 15 is 0 Å². The molecule has 276 valence electrons. The maximum Gasteiger partial charge on any atom is 0.143 e. The molecular formula is C56H35NOS. The molecule has 0 radical (unpaired) electrons. The Hall–Kier alpha value is -7.46. The van der Waals surface area contributed by atoms with Crippen LogP contribution in [0.1, 0.15) is 0 Å². The molecule has 0 aliphatic carbocycles. The highest BCUT2D eigenvalue weighted by Gasteiger charge is 2.21. The topological polar surface area (TPSA) is 16.4 Å². The second-order valence-corrected chi connectivity index (χ2v) is 16.3. The number of para-hydroxylation sites is 1. The van der Waals surface area contributed by atoms with Crippen molar-refractivity contribution in [2.75, 3.05) is 4.90 Å². The summed E-state index contributed by atoms with van der Waals surface area (Å²) >= 11 is 1.87. The number of rotatable bonds is 6. The Labute approximate surface area is 345 Å². The molecule has 12 rings (SSSR count). The number of anilines is 3. The standard InChI is InChI=1S/C56H35NOS/c1-2-13-40-35-41(24-23-36(40)11-1)37-25-30-42(31-26-37)57(43-32-27-39(28-33-43)45-17-9-19-49-47-16-6-8-22-53(47)59-56(45)49)51-20-7-5-15-46(51)48-18-10-21-52-54(48)50-34-29-38-12-3-4-14-44(38)55(50)58-52/h1-35H. The molecule has 12 aromatic rings. The van der Waals surface area contributed by atoms with E-state index in [1.807, 2.05) is 11.3 Å². The summed E-state index contributed by atoms with van der Waals surface area (Å²) in [5.41, 5.74) is 12.2. The van der Waals surface area contributed by atoms with Crippen molar-refractivity contribution in [3.8, 4) is 33.4 Å². The SMILES string of the molecule is c1ccc(N(c2ccc(-c3ccc4ccccc4c3)cc2)c2ccc(-c3cccc4c3sc3ccccc34)cc2)c(-c2cccc3oc4c5ccccc5ccc4c23)c1. The van der Waals surface area contributed by atoms with Crippen LogP contribution in [-0.4, -0.2) is 0 Å². The zero-order valence-corrected chi connectivity index (χ0v) is 32.8. The lowest BCUT2D eigenvalue weighted by atomic mass is 9.95. The fourth-order valence-electron chi connectivity index (χ4n) is 9.04.